The van der Waals surface area contributed by atoms with Crippen molar-refractivity contribution in [1.29, 1.82) is 0 Å². The zero-order valence-electron chi connectivity index (χ0n) is 16.4. The van der Waals surface area contributed by atoms with E-state index in [4.69, 9.17) is 0 Å². The van der Waals surface area contributed by atoms with Gasteiger partial charge >= 0.3 is 0 Å². The van der Waals surface area contributed by atoms with Crippen LogP contribution in [0.5, 0.6) is 0 Å². The third kappa shape index (κ3) is 5.48. The number of nitrogens with one attached hydrogen (secondary N) is 3. The van der Waals surface area contributed by atoms with Gasteiger partial charge < -0.3 is 16.0 Å². The minimum Gasteiger partial charge on any atom is -0.349 e. The minimum atomic E-state index is -0.00930. The zero-order chi connectivity index (χ0) is 18.6. The molecule has 3 N–H and O–H groups in total. The third-order valence-corrected chi connectivity index (χ3v) is 6.42. The smallest absolute Gasteiger partial charge is 0.251 e. The molecule has 2 saturated heterocycles. The molecule has 2 amide bonds. The van der Waals surface area contributed by atoms with Crippen LogP contribution in [0.1, 0.15) is 74.6 Å². The molecule has 2 heterocycles. The third-order valence-electron chi connectivity index (χ3n) is 6.42. The van der Waals surface area contributed by atoms with Crippen LogP contribution in [-0.2, 0) is 4.79 Å². The van der Waals surface area contributed by atoms with E-state index in [9.17, 15) is 9.59 Å². The van der Waals surface area contributed by atoms with Gasteiger partial charge in [0.05, 0.1) is 0 Å². The molecule has 1 aliphatic carbocycles. The highest BCUT2D eigenvalue weighted by Crippen LogP contribution is 2.32. The van der Waals surface area contributed by atoms with Gasteiger partial charge in [-0.1, -0.05) is 19.3 Å². The van der Waals surface area contributed by atoms with Crippen LogP contribution in [0.15, 0.2) is 24.3 Å². The lowest BCUT2D eigenvalue weighted by Crippen LogP contribution is -2.39. The van der Waals surface area contributed by atoms with Crippen LogP contribution < -0.4 is 16.0 Å². The first-order valence-electron chi connectivity index (χ1n) is 10.6. The molecule has 154 valence electrons. The van der Waals surface area contributed by atoms with Gasteiger partial charge in [-0.25, -0.2) is 0 Å². The average molecular weight is 406 g/mol. The van der Waals surface area contributed by atoms with Crippen molar-refractivity contribution in [3.05, 3.63) is 29.8 Å². The lowest BCUT2D eigenvalue weighted by atomic mass is 9.89. The van der Waals surface area contributed by atoms with Crippen LogP contribution in [0.3, 0.4) is 0 Å². The molecule has 0 aromatic heterocycles. The Morgan fingerprint density at radius 2 is 1.57 bits per heavy atom. The Labute approximate surface area is 173 Å². The number of carbonyl (C=O) groups excluding carboxylic acids is 2. The molecule has 6 heteroatoms. The van der Waals surface area contributed by atoms with E-state index in [1.807, 2.05) is 12.1 Å². The van der Waals surface area contributed by atoms with Crippen LogP contribution in [-0.4, -0.2) is 29.9 Å². The maximum absolute atomic E-state index is 12.4. The maximum atomic E-state index is 12.4. The van der Waals surface area contributed by atoms with Gasteiger partial charge in [-0.05, 0) is 68.7 Å². The van der Waals surface area contributed by atoms with Gasteiger partial charge in [-0.15, -0.1) is 12.4 Å². The Hall–Kier alpha value is -1.59. The molecule has 1 aromatic rings. The molecule has 3 fully saturated rings. The first-order valence-corrected chi connectivity index (χ1v) is 10.6. The normalized spacial score (nSPS) is 26.9. The first kappa shape index (κ1) is 21.1. The summed E-state index contributed by atoms with van der Waals surface area (Å²) in [4.78, 5) is 24.8. The van der Waals surface area contributed by atoms with Crippen LogP contribution in [0, 0.1) is 5.92 Å². The summed E-state index contributed by atoms with van der Waals surface area (Å²) in [5.41, 5.74) is 1.43. The Balaban J connectivity index is 0.00000225. The number of halogens is 1. The SMILES string of the molecule is Cl.O=C(CC1CC2CCC(C1)N2)Nc1ccc(C(=O)NC2CCCCC2)cc1. The first-order chi connectivity index (χ1) is 13.2. The number of rotatable bonds is 5. The molecule has 0 radical (unpaired) electrons. The topological polar surface area (TPSA) is 70.2 Å². The quantitative estimate of drug-likeness (QED) is 0.692. The van der Waals surface area contributed by atoms with E-state index in [2.05, 4.69) is 16.0 Å². The Kier molecular flexibility index (Phi) is 7.36. The van der Waals surface area contributed by atoms with E-state index < -0.39 is 0 Å². The number of piperidine rings is 1. The van der Waals surface area contributed by atoms with Gasteiger partial charge in [0.15, 0.2) is 0 Å². The zero-order valence-corrected chi connectivity index (χ0v) is 17.2. The maximum Gasteiger partial charge on any atom is 0.251 e. The lowest BCUT2D eigenvalue weighted by molar-refractivity contribution is -0.117. The second-order valence-corrected chi connectivity index (χ2v) is 8.61. The van der Waals surface area contributed by atoms with Gasteiger partial charge in [0.1, 0.15) is 0 Å². The van der Waals surface area contributed by atoms with Crippen molar-refractivity contribution in [2.75, 3.05) is 5.32 Å². The monoisotopic (exact) mass is 405 g/mol. The van der Waals surface area contributed by atoms with E-state index in [-0.39, 0.29) is 24.2 Å². The van der Waals surface area contributed by atoms with Crippen LogP contribution in [0.4, 0.5) is 5.69 Å². The van der Waals surface area contributed by atoms with Crippen LogP contribution >= 0.6 is 12.4 Å². The number of hydrogen-bond donors (Lipinski definition) is 3. The van der Waals surface area contributed by atoms with E-state index in [1.54, 1.807) is 12.1 Å². The Morgan fingerprint density at radius 3 is 2.21 bits per heavy atom. The molecule has 2 atom stereocenters. The van der Waals surface area contributed by atoms with Crippen molar-refractivity contribution < 1.29 is 9.59 Å². The average Bonchev–Trinajstić information content (AvgIpc) is 3.01. The number of carbonyl (C=O) groups is 2. The number of benzene rings is 1. The molecule has 1 saturated carbocycles. The van der Waals surface area contributed by atoms with E-state index in [0.717, 1.165) is 31.4 Å². The highest BCUT2D eigenvalue weighted by molar-refractivity contribution is 5.96. The van der Waals surface area contributed by atoms with Gasteiger partial charge in [0.2, 0.25) is 5.91 Å². The fourth-order valence-electron chi connectivity index (χ4n) is 5.04. The summed E-state index contributed by atoms with van der Waals surface area (Å²) in [6.07, 6.45) is 11.2. The van der Waals surface area contributed by atoms with Crippen molar-refractivity contribution >= 4 is 29.9 Å². The second-order valence-electron chi connectivity index (χ2n) is 8.61. The summed E-state index contributed by atoms with van der Waals surface area (Å²) in [5.74, 6) is 0.565. The molecule has 28 heavy (non-hydrogen) atoms. The number of anilines is 1. The highest BCUT2D eigenvalue weighted by Gasteiger charge is 2.34. The van der Waals surface area contributed by atoms with Crippen molar-refractivity contribution in [2.45, 2.75) is 82.3 Å². The summed E-state index contributed by atoms with van der Waals surface area (Å²) in [6.45, 7) is 0. The molecule has 4 rings (SSSR count). The predicted molar refractivity (Wildman–Crippen MR) is 114 cm³/mol. The summed E-state index contributed by atoms with van der Waals surface area (Å²) in [7, 11) is 0. The summed E-state index contributed by atoms with van der Waals surface area (Å²) in [6, 6.07) is 8.81. The fraction of sp³-hybridized carbons (Fsp3) is 0.636. The van der Waals surface area contributed by atoms with Gasteiger partial charge in [0.25, 0.3) is 5.91 Å². The van der Waals surface area contributed by atoms with E-state index in [0.29, 0.717) is 36.0 Å². The molecule has 5 nitrogen and oxygen atoms in total. The number of hydrogen-bond acceptors (Lipinski definition) is 3. The molecule has 2 aliphatic heterocycles. The van der Waals surface area contributed by atoms with Gasteiger partial charge in [-0.3, -0.25) is 9.59 Å². The van der Waals surface area contributed by atoms with Crippen molar-refractivity contribution in [2.24, 2.45) is 5.92 Å². The molecule has 0 spiro atoms. The highest BCUT2D eigenvalue weighted by atomic mass is 35.5. The van der Waals surface area contributed by atoms with E-state index >= 15 is 0 Å². The predicted octanol–water partition coefficient (Wildman–Crippen LogP) is 4.03. The largest absolute Gasteiger partial charge is 0.349 e. The molecular weight excluding hydrogens is 374 g/mol. The molecular formula is C22H32ClN3O2. The fourth-order valence-corrected chi connectivity index (χ4v) is 5.04. The Bertz CT molecular complexity index is 661. The van der Waals surface area contributed by atoms with Crippen LogP contribution in [0.2, 0.25) is 0 Å². The lowest BCUT2D eigenvalue weighted by Gasteiger charge is -2.28. The molecule has 2 bridgehead atoms. The van der Waals surface area contributed by atoms with E-state index in [1.165, 1.54) is 32.1 Å². The molecule has 3 aliphatic rings. The standard InChI is InChI=1S/C22H31N3O2.ClH/c26-21(14-15-12-19-10-11-20(13-15)23-19)24-18-8-6-16(7-9-18)22(27)25-17-4-2-1-3-5-17;/h6-9,15,17,19-20,23H,1-5,10-14H2,(H,24,26)(H,25,27);1H. The summed E-state index contributed by atoms with van der Waals surface area (Å²) in [5, 5.41) is 9.75. The van der Waals surface area contributed by atoms with Crippen LogP contribution in [0.25, 0.3) is 0 Å². The minimum absolute atomic E-state index is 0. The van der Waals surface area contributed by atoms with Gasteiger partial charge in [-0.2, -0.15) is 0 Å². The van der Waals surface area contributed by atoms with Gasteiger partial charge in [0, 0.05) is 35.8 Å². The summed E-state index contributed by atoms with van der Waals surface area (Å²) < 4.78 is 0. The number of fused-ring (bicyclic) bond motifs is 2. The molecule has 1 aromatic carbocycles. The second kappa shape index (κ2) is 9.75. The van der Waals surface area contributed by atoms with Crippen molar-refractivity contribution in [3.8, 4) is 0 Å². The Morgan fingerprint density at radius 1 is 0.929 bits per heavy atom. The summed E-state index contributed by atoms with van der Waals surface area (Å²) >= 11 is 0. The molecule has 2 unspecified atom stereocenters. The van der Waals surface area contributed by atoms with Crippen molar-refractivity contribution in [3.63, 3.8) is 0 Å². The van der Waals surface area contributed by atoms with Crippen molar-refractivity contribution in [1.82, 2.24) is 10.6 Å². The number of amides is 2.